The van der Waals surface area contributed by atoms with Gasteiger partial charge in [0.05, 0.1) is 11.0 Å². The van der Waals surface area contributed by atoms with Crippen molar-refractivity contribution in [3.05, 3.63) is 34.1 Å². The predicted octanol–water partition coefficient (Wildman–Crippen LogP) is 4.12. The van der Waals surface area contributed by atoms with E-state index >= 15 is 0 Å². The molecule has 5 heteroatoms. The molecule has 0 amide bonds. The molecule has 1 saturated carbocycles. The van der Waals surface area contributed by atoms with Gasteiger partial charge in [-0.3, -0.25) is 10.1 Å². The Kier molecular flexibility index (Phi) is 4.71. The molecule has 4 nitrogen and oxygen atoms in total. The third-order valence-corrected chi connectivity index (χ3v) is 3.69. The molecule has 104 valence electrons. The van der Waals surface area contributed by atoms with Crippen LogP contribution in [-0.4, -0.2) is 11.5 Å². The van der Waals surface area contributed by atoms with E-state index in [1.165, 1.54) is 44.2 Å². The summed E-state index contributed by atoms with van der Waals surface area (Å²) in [7, 11) is 0. The molecule has 0 heterocycles. The highest BCUT2D eigenvalue weighted by atomic mass is 19.1. The third kappa shape index (κ3) is 4.19. The molecule has 1 aliphatic carbocycles. The largest absolute Gasteiger partial charge is 0.385 e. The number of nitro groups is 1. The quantitative estimate of drug-likeness (QED) is 0.479. The van der Waals surface area contributed by atoms with Crippen LogP contribution >= 0.6 is 0 Å². The van der Waals surface area contributed by atoms with Crippen molar-refractivity contribution in [2.24, 2.45) is 5.92 Å². The van der Waals surface area contributed by atoms with Gasteiger partial charge in [-0.05, 0) is 24.8 Å². The van der Waals surface area contributed by atoms with Gasteiger partial charge in [0.15, 0.2) is 0 Å². The second-order valence-corrected chi connectivity index (χ2v) is 5.17. The van der Waals surface area contributed by atoms with Crippen molar-refractivity contribution in [1.82, 2.24) is 0 Å². The van der Waals surface area contributed by atoms with E-state index in [4.69, 9.17) is 0 Å². The van der Waals surface area contributed by atoms with Crippen molar-refractivity contribution < 1.29 is 9.31 Å². The summed E-state index contributed by atoms with van der Waals surface area (Å²) in [4.78, 5) is 10.0. The summed E-state index contributed by atoms with van der Waals surface area (Å²) >= 11 is 0. The highest BCUT2D eigenvalue weighted by molar-refractivity contribution is 5.51. The monoisotopic (exact) mass is 266 g/mol. The summed E-state index contributed by atoms with van der Waals surface area (Å²) in [6.45, 7) is 0.733. The molecule has 1 aromatic carbocycles. The molecular weight excluding hydrogens is 247 g/mol. The first kappa shape index (κ1) is 13.8. The fourth-order valence-electron chi connectivity index (χ4n) is 2.70. The Morgan fingerprint density at radius 1 is 1.32 bits per heavy atom. The first-order valence-electron chi connectivity index (χ1n) is 6.84. The minimum atomic E-state index is -0.577. The van der Waals surface area contributed by atoms with E-state index in [0.29, 0.717) is 5.69 Å². The van der Waals surface area contributed by atoms with Gasteiger partial charge in [-0.1, -0.05) is 25.7 Å². The number of hydrogen-bond donors (Lipinski definition) is 1. The number of benzene rings is 1. The second-order valence-electron chi connectivity index (χ2n) is 5.17. The van der Waals surface area contributed by atoms with Gasteiger partial charge in [-0.15, -0.1) is 0 Å². The van der Waals surface area contributed by atoms with Gasteiger partial charge in [0.2, 0.25) is 0 Å². The van der Waals surface area contributed by atoms with Crippen LogP contribution in [0.5, 0.6) is 0 Å². The number of hydrogen-bond acceptors (Lipinski definition) is 3. The van der Waals surface area contributed by atoms with Crippen LogP contribution in [0.3, 0.4) is 0 Å². The van der Waals surface area contributed by atoms with Crippen LogP contribution in [0.25, 0.3) is 0 Å². The smallest absolute Gasteiger partial charge is 0.274 e. The van der Waals surface area contributed by atoms with Crippen molar-refractivity contribution in [1.29, 1.82) is 0 Å². The maximum Gasteiger partial charge on any atom is 0.274 e. The molecule has 0 spiro atoms. The van der Waals surface area contributed by atoms with Crippen molar-refractivity contribution >= 4 is 11.4 Å². The van der Waals surface area contributed by atoms with E-state index in [-0.39, 0.29) is 5.69 Å². The fourth-order valence-corrected chi connectivity index (χ4v) is 2.70. The van der Waals surface area contributed by atoms with E-state index in [1.807, 2.05) is 0 Å². The average molecular weight is 266 g/mol. The van der Waals surface area contributed by atoms with Crippen LogP contribution in [0, 0.1) is 21.8 Å². The lowest BCUT2D eigenvalue weighted by atomic mass is 10.0. The number of nitrogens with one attached hydrogen (secondary N) is 1. The van der Waals surface area contributed by atoms with Crippen LogP contribution in [0.1, 0.15) is 38.5 Å². The van der Waals surface area contributed by atoms with Crippen LogP contribution in [0.2, 0.25) is 0 Å². The molecule has 1 aromatic rings. The molecule has 0 atom stereocenters. The Balaban J connectivity index is 1.80. The van der Waals surface area contributed by atoms with Gasteiger partial charge >= 0.3 is 0 Å². The predicted molar refractivity (Wildman–Crippen MR) is 72.7 cm³/mol. The maximum atomic E-state index is 13.2. The van der Waals surface area contributed by atoms with Crippen molar-refractivity contribution in [2.75, 3.05) is 11.9 Å². The van der Waals surface area contributed by atoms with Gasteiger partial charge < -0.3 is 5.32 Å². The van der Waals surface area contributed by atoms with E-state index in [1.54, 1.807) is 0 Å². The molecule has 0 unspecified atom stereocenters. The first-order valence-corrected chi connectivity index (χ1v) is 6.84. The first-order chi connectivity index (χ1) is 9.15. The van der Waals surface area contributed by atoms with E-state index in [9.17, 15) is 14.5 Å². The Morgan fingerprint density at radius 2 is 2.05 bits per heavy atom. The molecule has 1 fully saturated rings. The molecule has 0 aliphatic heterocycles. The maximum absolute atomic E-state index is 13.2. The fraction of sp³-hybridized carbons (Fsp3) is 0.571. The summed E-state index contributed by atoms with van der Waals surface area (Å²) in [6.07, 6.45) is 7.54. The number of halogens is 1. The Bertz CT molecular complexity index is 445. The van der Waals surface area contributed by atoms with Gasteiger partial charge in [-0.25, -0.2) is 4.39 Å². The third-order valence-electron chi connectivity index (χ3n) is 3.69. The molecule has 0 bridgehead atoms. The van der Waals surface area contributed by atoms with Crippen molar-refractivity contribution in [3.8, 4) is 0 Å². The lowest BCUT2D eigenvalue weighted by Crippen LogP contribution is -2.05. The standard InChI is InChI=1S/C14H19FN2O2/c15-12-8-13(10-14(9-12)17(18)19)16-7-3-6-11-4-1-2-5-11/h8-11,16H,1-7H2. The van der Waals surface area contributed by atoms with Gasteiger partial charge in [0.25, 0.3) is 5.69 Å². The summed E-state index contributed by atoms with van der Waals surface area (Å²) in [5.74, 6) is 0.260. The lowest BCUT2D eigenvalue weighted by molar-refractivity contribution is -0.385. The minimum Gasteiger partial charge on any atom is -0.385 e. The topological polar surface area (TPSA) is 55.2 Å². The number of rotatable bonds is 6. The van der Waals surface area contributed by atoms with Crippen LogP contribution in [0.4, 0.5) is 15.8 Å². The van der Waals surface area contributed by atoms with Crippen molar-refractivity contribution in [3.63, 3.8) is 0 Å². The highest BCUT2D eigenvalue weighted by Gasteiger charge is 2.14. The Hall–Kier alpha value is -1.65. The van der Waals surface area contributed by atoms with Crippen molar-refractivity contribution in [2.45, 2.75) is 38.5 Å². The zero-order valence-corrected chi connectivity index (χ0v) is 10.9. The summed E-state index contributed by atoms with van der Waals surface area (Å²) in [5.41, 5.74) is 0.274. The van der Waals surface area contributed by atoms with E-state index in [2.05, 4.69) is 5.32 Å². The molecule has 19 heavy (non-hydrogen) atoms. The highest BCUT2D eigenvalue weighted by Crippen LogP contribution is 2.28. The molecule has 0 aromatic heterocycles. The molecule has 1 N–H and O–H groups in total. The van der Waals surface area contributed by atoms with E-state index < -0.39 is 10.7 Å². The molecule has 0 radical (unpaired) electrons. The zero-order valence-electron chi connectivity index (χ0n) is 10.9. The SMILES string of the molecule is O=[N+]([O-])c1cc(F)cc(NCCCC2CCCC2)c1. The molecule has 0 saturated heterocycles. The van der Waals surface area contributed by atoms with Crippen LogP contribution in [-0.2, 0) is 0 Å². The normalized spacial score (nSPS) is 15.6. The molecule has 1 aliphatic rings. The Labute approximate surface area is 112 Å². The summed E-state index contributed by atoms with van der Waals surface area (Å²) in [6, 6.07) is 3.60. The number of nitrogens with zero attached hydrogens (tertiary/aromatic N) is 1. The molecule has 2 rings (SSSR count). The zero-order chi connectivity index (χ0) is 13.7. The van der Waals surface area contributed by atoms with Crippen LogP contribution in [0.15, 0.2) is 18.2 Å². The van der Waals surface area contributed by atoms with Gasteiger partial charge in [0.1, 0.15) is 5.82 Å². The Morgan fingerprint density at radius 3 is 2.74 bits per heavy atom. The van der Waals surface area contributed by atoms with E-state index in [0.717, 1.165) is 24.9 Å². The summed E-state index contributed by atoms with van der Waals surface area (Å²) in [5, 5.41) is 13.7. The number of non-ortho nitro benzene ring substituents is 1. The molecular formula is C14H19FN2O2. The number of nitro benzene ring substituents is 1. The number of anilines is 1. The average Bonchev–Trinajstić information content (AvgIpc) is 2.87. The second kappa shape index (κ2) is 6.50. The van der Waals surface area contributed by atoms with Gasteiger partial charge in [-0.2, -0.15) is 0 Å². The lowest BCUT2D eigenvalue weighted by Gasteiger charge is -2.10. The minimum absolute atomic E-state index is 0.210. The van der Waals surface area contributed by atoms with Crippen LogP contribution < -0.4 is 5.32 Å². The van der Waals surface area contributed by atoms with Gasteiger partial charge in [0, 0.05) is 18.3 Å². The summed E-state index contributed by atoms with van der Waals surface area (Å²) < 4.78 is 13.2.